The zero-order valence-electron chi connectivity index (χ0n) is 11.2. The smallest absolute Gasteiger partial charge is 0.374 e. The second kappa shape index (κ2) is 6.60. The number of carbonyl (C=O) groups is 1. The maximum Gasteiger partial charge on any atom is 0.374 e. The van der Waals surface area contributed by atoms with Gasteiger partial charge in [0, 0.05) is 26.3 Å². The van der Waals surface area contributed by atoms with Gasteiger partial charge in [-0.05, 0) is 30.9 Å². The summed E-state index contributed by atoms with van der Waals surface area (Å²) in [4.78, 5) is 14.4. The number of nitrogens with zero attached hydrogens (tertiary/aromatic N) is 1. The summed E-state index contributed by atoms with van der Waals surface area (Å²) in [5, 5.41) is 12.7. The fourth-order valence-electron chi connectivity index (χ4n) is 1.74. The number of hydrogen-bond acceptors (Lipinski definition) is 6. The summed E-state index contributed by atoms with van der Waals surface area (Å²) in [7, 11) is 0. The van der Waals surface area contributed by atoms with Crippen LogP contribution in [0, 0.1) is 0 Å². The molecule has 20 heavy (non-hydrogen) atoms. The highest BCUT2D eigenvalue weighted by atomic mass is 32.2. The van der Waals surface area contributed by atoms with Gasteiger partial charge >= 0.3 is 5.97 Å². The maximum absolute atomic E-state index is 10.8. The van der Waals surface area contributed by atoms with E-state index in [-0.39, 0.29) is 5.76 Å². The molecule has 1 heterocycles. The molecule has 1 aromatic carbocycles. The van der Waals surface area contributed by atoms with Gasteiger partial charge in [0.2, 0.25) is 5.76 Å². The summed E-state index contributed by atoms with van der Waals surface area (Å²) in [5.41, 5.74) is 1.41. The predicted molar refractivity (Wildman–Crippen MR) is 84.2 cm³/mol. The van der Waals surface area contributed by atoms with Crippen molar-refractivity contribution >= 4 is 41.3 Å². The molecule has 0 aliphatic carbocycles. The highest BCUT2D eigenvalue weighted by Gasteiger charge is 2.15. The molecular weight excluding hydrogens is 314 g/mol. The Kier molecular flexibility index (Phi) is 5.06. The molecule has 0 aliphatic heterocycles. The van der Waals surface area contributed by atoms with Crippen LogP contribution in [0.4, 0.5) is 0 Å². The van der Waals surface area contributed by atoms with Crippen LogP contribution in [0.2, 0.25) is 0 Å². The van der Waals surface area contributed by atoms with Crippen molar-refractivity contribution in [2.75, 3.05) is 18.8 Å². The second-order valence-corrected chi connectivity index (χ2v) is 6.31. The third kappa shape index (κ3) is 2.99. The molecule has 0 saturated heterocycles. The molecular formula is C13H13NO3S3. The van der Waals surface area contributed by atoms with E-state index in [1.54, 1.807) is 35.3 Å². The van der Waals surface area contributed by atoms with E-state index in [1.165, 1.54) is 11.0 Å². The number of aromatic carboxylic acids is 1. The molecule has 2 rings (SSSR count). The normalized spacial score (nSPS) is 10.8. The SMILES string of the molecule is CSc1cc(-c2cc(C(=O)O)on2)cc(SC)c1SC. The standard InChI is InChI=1S/C13H13NO3S3/c1-18-10-4-7(5-11(19-2)12(10)20-3)8-6-9(13(15)16)17-14-8/h4-6H,1-3H3,(H,15,16). The van der Waals surface area contributed by atoms with Gasteiger partial charge in [-0.15, -0.1) is 35.3 Å². The Morgan fingerprint density at radius 3 is 2.10 bits per heavy atom. The number of aromatic nitrogens is 1. The molecule has 106 valence electrons. The fourth-order valence-corrected chi connectivity index (χ4v) is 4.41. The van der Waals surface area contributed by atoms with Crippen molar-refractivity contribution in [3.63, 3.8) is 0 Å². The molecule has 0 atom stereocenters. The van der Waals surface area contributed by atoms with Crippen LogP contribution in [-0.2, 0) is 0 Å². The van der Waals surface area contributed by atoms with Gasteiger partial charge in [0.1, 0.15) is 5.69 Å². The topological polar surface area (TPSA) is 63.3 Å². The van der Waals surface area contributed by atoms with E-state index in [1.807, 2.05) is 30.9 Å². The van der Waals surface area contributed by atoms with Gasteiger partial charge in [-0.2, -0.15) is 0 Å². The third-order valence-electron chi connectivity index (χ3n) is 2.68. The molecule has 0 unspecified atom stereocenters. The molecule has 0 spiro atoms. The van der Waals surface area contributed by atoms with Crippen LogP contribution >= 0.6 is 35.3 Å². The van der Waals surface area contributed by atoms with Gasteiger partial charge < -0.3 is 9.63 Å². The predicted octanol–water partition coefficient (Wildman–Crippen LogP) is 4.21. The molecule has 2 aromatic rings. The Morgan fingerprint density at radius 2 is 1.70 bits per heavy atom. The van der Waals surface area contributed by atoms with E-state index >= 15 is 0 Å². The van der Waals surface area contributed by atoms with Gasteiger partial charge in [-0.3, -0.25) is 0 Å². The van der Waals surface area contributed by atoms with Crippen LogP contribution in [0.25, 0.3) is 11.3 Å². The number of carboxylic acids is 1. The first kappa shape index (κ1) is 15.3. The number of benzene rings is 1. The highest BCUT2D eigenvalue weighted by molar-refractivity contribution is 8.03. The molecule has 0 saturated carbocycles. The Morgan fingerprint density at radius 1 is 1.10 bits per heavy atom. The largest absolute Gasteiger partial charge is 0.475 e. The monoisotopic (exact) mass is 327 g/mol. The number of thioether (sulfide) groups is 3. The third-order valence-corrected chi connectivity index (χ3v) is 5.31. The van der Waals surface area contributed by atoms with E-state index in [0.717, 1.165) is 15.4 Å². The summed E-state index contributed by atoms with van der Waals surface area (Å²) < 4.78 is 4.82. The zero-order chi connectivity index (χ0) is 14.7. The Bertz CT molecular complexity index is 615. The van der Waals surface area contributed by atoms with Crippen molar-refractivity contribution in [3.8, 4) is 11.3 Å². The van der Waals surface area contributed by atoms with Gasteiger partial charge in [0.05, 0.1) is 0 Å². The Labute approximate surface area is 129 Å². The van der Waals surface area contributed by atoms with Crippen molar-refractivity contribution in [1.29, 1.82) is 0 Å². The van der Waals surface area contributed by atoms with Crippen LogP contribution in [-0.4, -0.2) is 35.0 Å². The first-order valence-electron chi connectivity index (χ1n) is 5.61. The minimum atomic E-state index is -1.11. The molecule has 0 bridgehead atoms. The van der Waals surface area contributed by atoms with E-state index in [2.05, 4.69) is 5.16 Å². The molecule has 0 aliphatic rings. The molecule has 0 amide bonds. The van der Waals surface area contributed by atoms with E-state index in [0.29, 0.717) is 5.69 Å². The lowest BCUT2D eigenvalue weighted by atomic mass is 10.1. The summed E-state index contributed by atoms with van der Waals surface area (Å²) >= 11 is 5.03. The Hall–Kier alpha value is -1.05. The molecule has 1 N–H and O–H groups in total. The summed E-state index contributed by atoms with van der Waals surface area (Å²) in [6.07, 6.45) is 6.09. The van der Waals surface area contributed by atoms with Crippen LogP contribution in [0.1, 0.15) is 10.6 Å². The van der Waals surface area contributed by atoms with Crippen molar-refractivity contribution in [2.24, 2.45) is 0 Å². The summed E-state index contributed by atoms with van der Waals surface area (Å²) in [6.45, 7) is 0. The van der Waals surface area contributed by atoms with Crippen LogP contribution < -0.4 is 0 Å². The lowest BCUT2D eigenvalue weighted by Gasteiger charge is -2.11. The highest BCUT2D eigenvalue weighted by Crippen LogP contribution is 2.39. The number of hydrogen-bond donors (Lipinski definition) is 1. The van der Waals surface area contributed by atoms with E-state index < -0.39 is 5.97 Å². The summed E-state index contributed by atoms with van der Waals surface area (Å²) in [5.74, 6) is -1.26. The van der Waals surface area contributed by atoms with Gasteiger partial charge in [-0.25, -0.2) is 4.79 Å². The van der Waals surface area contributed by atoms with Gasteiger partial charge in [0.15, 0.2) is 0 Å². The van der Waals surface area contributed by atoms with Crippen LogP contribution in [0.15, 0.2) is 37.4 Å². The lowest BCUT2D eigenvalue weighted by molar-refractivity contribution is 0.0652. The quantitative estimate of drug-likeness (QED) is 0.825. The molecule has 1 aromatic heterocycles. The zero-order valence-corrected chi connectivity index (χ0v) is 13.6. The molecule has 0 radical (unpaired) electrons. The number of rotatable bonds is 5. The first-order chi connectivity index (χ1) is 9.60. The van der Waals surface area contributed by atoms with E-state index in [9.17, 15) is 4.79 Å². The van der Waals surface area contributed by atoms with Gasteiger partial charge in [-0.1, -0.05) is 5.16 Å². The average molecular weight is 327 g/mol. The fraction of sp³-hybridized carbons (Fsp3) is 0.231. The van der Waals surface area contributed by atoms with Crippen molar-refractivity contribution in [2.45, 2.75) is 14.7 Å². The number of carboxylic acid groups (broad SMARTS) is 1. The van der Waals surface area contributed by atoms with Gasteiger partial charge in [0.25, 0.3) is 0 Å². The van der Waals surface area contributed by atoms with Crippen molar-refractivity contribution < 1.29 is 14.4 Å². The molecule has 4 nitrogen and oxygen atoms in total. The van der Waals surface area contributed by atoms with Crippen molar-refractivity contribution in [1.82, 2.24) is 5.16 Å². The van der Waals surface area contributed by atoms with Crippen LogP contribution in [0.5, 0.6) is 0 Å². The molecule has 0 fully saturated rings. The van der Waals surface area contributed by atoms with Crippen molar-refractivity contribution in [3.05, 3.63) is 24.0 Å². The summed E-state index contributed by atoms with van der Waals surface area (Å²) in [6, 6.07) is 5.48. The first-order valence-corrected chi connectivity index (χ1v) is 9.28. The average Bonchev–Trinajstić information content (AvgIpc) is 2.95. The lowest BCUT2D eigenvalue weighted by Crippen LogP contribution is -1.91. The second-order valence-electron chi connectivity index (χ2n) is 3.80. The maximum atomic E-state index is 10.8. The molecule has 7 heteroatoms. The minimum Gasteiger partial charge on any atom is -0.475 e. The van der Waals surface area contributed by atoms with E-state index in [4.69, 9.17) is 9.63 Å². The van der Waals surface area contributed by atoms with Crippen LogP contribution in [0.3, 0.4) is 0 Å². The Balaban J connectivity index is 2.53. The minimum absolute atomic E-state index is 0.148.